The fourth-order valence-electron chi connectivity index (χ4n) is 3.89. The molecule has 0 bridgehead atoms. The molecule has 0 heterocycles. The minimum Gasteiger partial charge on any atom is -0.377 e. The highest BCUT2D eigenvalue weighted by Gasteiger charge is 2.41. The van der Waals surface area contributed by atoms with Crippen LogP contribution in [0.3, 0.4) is 0 Å². The number of nitrogens with one attached hydrogen (secondary N) is 1. The Labute approximate surface area is 114 Å². The molecular formula is C16H33NO. The molecule has 108 valence electrons. The van der Waals surface area contributed by atoms with Gasteiger partial charge in [-0.15, -0.1) is 0 Å². The summed E-state index contributed by atoms with van der Waals surface area (Å²) < 4.78 is 5.98. The monoisotopic (exact) mass is 255 g/mol. The summed E-state index contributed by atoms with van der Waals surface area (Å²) in [5.41, 5.74) is 0.0255. The lowest BCUT2D eigenvalue weighted by molar-refractivity contribution is -0.0687. The van der Waals surface area contributed by atoms with E-state index in [0.717, 1.165) is 31.2 Å². The van der Waals surface area contributed by atoms with Crippen LogP contribution in [0.5, 0.6) is 0 Å². The summed E-state index contributed by atoms with van der Waals surface area (Å²) in [5, 5.41) is 3.74. The standard InChI is InChI=1S/C16H33NO/c1-6-16(7-2,18-5)15(17-8-3)14-11-9-10-13(4)12-14/h13-15,17H,6-12H2,1-5H3. The highest BCUT2D eigenvalue weighted by Crippen LogP contribution is 2.37. The minimum atomic E-state index is 0.0255. The van der Waals surface area contributed by atoms with Gasteiger partial charge < -0.3 is 10.1 Å². The fourth-order valence-corrected chi connectivity index (χ4v) is 3.89. The van der Waals surface area contributed by atoms with Crippen LogP contribution in [0, 0.1) is 11.8 Å². The van der Waals surface area contributed by atoms with Gasteiger partial charge in [-0.3, -0.25) is 0 Å². The van der Waals surface area contributed by atoms with E-state index in [0.29, 0.717) is 6.04 Å². The normalized spacial score (nSPS) is 27.2. The van der Waals surface area contributed by atoms with Crippen LogP contribution in [-0.2, 0) is 4.74 Å². The molecule has 0 spiro atoms. The van der Waals surface area contributed by atoms with Crippen molar-refractivity contribution < 1.29 is 4.74 Å². The molecule has 0 saturated heterocycles. The Bertz CT molecular complexity index is 217. The summed E-state index contributed by atoms with van der Waals surface area (Å²) in [5.74, 6) is 1.67. The Morgan fingerprint density at radius 2 is 1.89 bits per heavy atom. The average molecular weight is 255 g/mol. The summed E-state index contributed by atoms with van der Waals surface area (Å²) in [6.45, 7) is 10.2. The van der Waals surface area contributed by atoms with Gasteiger partial charge in [-0.2, -0.15) is 0 Å². The van der Waals surface area contributed by atoms with Gasteiger partial charge in [0, 0.05) is 13.2 Å². The molecule has 0 aromatic rings. The molecule has 1 saturated carbocycles. The Morgan fingerprint density at radius 1 is 1.22 bits per heavy atom. The van der Waals surface area contributed by atoms with Crippen molar-refractivity contribution >= 4 is 0 Å². The molecule has 2 heteroatoms. The summed E-state index contributed by atoms with van der Waals surface area (Å²) in [4.78, 5) is 0. The quantitative estimate of drug-likeness (QED) is 0.742. The molecular weight excluding hydrogens is 222 g/mol. The number of ether oxygens (including phenoxy) is 1. The zero-order valence-corrected chi connectivity index (χ0v) is 13.1. The summed E-state index contributed by atoms with van der Waals surface area (Å²) in [6, 6.07) is 0.519. The SMILES string of the molecule is CCNC(C1CCCC(C)C1)C(CC)(CC)OC. The van der Waals surface area contributed by atoms with Crippen molar-refractivity contribution in [3.05, 3.63) is 0 Å². The Balaban J connectivity index is 2.85. The molecule has 0 radical (unpaired) electrons. The zero-order chi connectivity index (χ0) is 13.6. The van der Waals surface area contributed by atoms with Gasteiger partial charge in [-0.1, -0.05) is 40.5 Å². The first-order chi connectivity index (χ1) is 8.63. The van der Waals surface area contributed by atoms with Gasteiger partial charge in [0.05, 0.1) is 5.60 Å². The highest BCUT2D eigenvalue weighted by molar-refractivity contribution is 4.96. The van der Waals surface area contributed by atoms with Gasteiger partial charge in [-0.05, 0) is 44.1 Å². The molecule has 2 nitrogen and oxygen atoms in total. The van der Waals surface area contributed by atoms with Crippen molar-refractivity contribution in [3.8, 4) is 0 Å². The highest BCUT2D eigenvalue weighted by atomic mass is 16.5. The molecule has 18 heavy (non-hydrogen) atoms. The summed E-state index contributed by atoms with van der Waals surface area (Å²) in [7, 11) is 1.89. The minimum absolute atomic E-state index is 0.0255. The van der Waals surface area contributed by atoms with Gasteiger partial charge in [-0.25, -0.2) is 0 Å². The Morgan fingerprint density at radius 3 is 2.33 bits per heavy atom. The molecule has 3 atom stereocenters. The van der Waals surface area contributed by atoms with Crippen LogP contribution in [0.25, 0.3) is 0 Å². The van der Waals surface area contributed by atoms with Crippen molar-refractivity contribution in [2.45, 2.75) is 77.9 Å². The first kappa shape index (κ1) is 16.0. The number of rotatable bonds is 7. The van der Waals surface area contributed by atoms with Gasteiger partial charge in [0.1, 0.15) is 0 Å². The predicted octanol–water partition coefficient (Wildman–Crippen LogP) is 4.00. The van der Waals surface area contributed by atoms with E-state index in [2.05, 4.69) is 33.0 Å². The van der Waals surface area contributed by atoms with Crippen LogP contribution >= 0.6 is 0 Å². The first-order valence-electron chi connectivity index (χ1n) is 7.92. The van der Waals surface area contributed by atoms with E-state index in [-0.39, 0.29) is 5.60 Å². The first-order valence-corrected chi connectivity index (χ1v) is 7.92. The second kappa shape index (κ2) is 7.49. The van der Waals surface area contributed by atoms with Crippen molar-refractivity contribution in [2.75, 3.05) is 13.7 Å². The van der Waals surface area contributed by atoms with Crippen LogP contribution < -0.4 is 5.32 Å². The van der Waals surface area contributed by atoms with Gasteiger partial charge in [0.15, 0.2) is 0 Å². The van der Waals surface area contributed by atoms with Gasteiger partial charge in [0.25, 0.3) is 0 Å². The van der Waals surface area contributed by atoms with Crippen molar-refractivity contribution in [3.63, 3.8) is 0 Å². The van der Waals surface area contributed by atoms with E-state index in [1.807, 2.05) is 7.11 Å². The van der Waals surface area contributed by atoms with E-state index in [9.17, 15) is 0 Å². The molecule has 1 fully saturated rings. The molecule has 0 aromatic heterocycles. The number of hydrogen-bond acceptors (Lipinski definition) is 2. The van der Waals surface area contributed by atoms with E-state index in [1.165, 1.54) is 25.7 Å². The number of methoxy groups -OCH3 is 1. The molecule has 0 aliphatic heterocycles. The van der Waals surface area contributed by atoms with Crippen molar-refractivity contribution in [2.24, 2.45) is 11.8 Å². The third-order valence-corrected chi connectivity index (χ3v) is 5.04. The zero-order valence-electron chi connectivity index (χ0n) is 13.1. The van der Waals surface area contributed by atoms with Gasteiger partial charge in [0.2, 0.25) is 0 Å². The summed E-state index contributed by atoms with van der Waals surface area (Å²) in [6.07, 6.45) is 7.73. The van der Waals surface area contributed by atoms with Crippen LogP contribution in [0.1, 0.15) is 66.2 Å². The lowest BCUT2D eigenvalue weighted by atomic mass is 9.71. The molecule has 0 aromatic carbocycles. The maximum absolute atomic E-state index is 5.98. The Hall–Kier alpha value is -0.0800. The molecule has 3 unspecified atom stereocenters. The summed E-state index contributed by atoms with van der Waals surface area (Å²) >= 11 is 0. The third kappa shape index (κ3) is 3.48. The second-order valence-electron chi connectivity index (χ2n) is 6.04. The second-order valence-corrected chi connectivity index (χ2v) is 6.04. The molecule has 1 N–H and O–H groups in total. The van der Waals surface area contributed by atoms with Crippen molar-refractivity contribution in [1.29, 1.82) is 0 Å². The molecule has 1 aliphatic carbocycles. The fraction of sp³-hybridized carbons (Fsp3) is 1.00. The van der Waals surface area contributed by atoms with E-state index < -0.39 is 0 Å². The maximum atomic E-state index is 5.98. The predicted molar refractivity (Wildman–Crippen MR) is 78.9 cm³/mol. The lowest BCUT2D eigenvalue weighted by Gasteiger charge is -2.45. The topological polar surface area (TPSA) is 21.3 Å². The van der Waals surface area contributed by atoms with E-state index in [1.54, 1.807) is 0 Å². The largest absolute Gasteiger partial charge is 0.377 e. The smallest absolute Gasteiger partial charge is 0.0828 e. The number of hydrogen-bond donors (Lipinski definition) is 1. The van der Waals surface area contributed by atoms with Crippen molar-refractivity contribution in [1.82, 2.24) is 5.32 Å². The molecule has 1 rings (SSSR count). The third-order valence-electron chi connectivity index (χ3n) is 5.04. The average Bonchev–Trinajstić information content (AvgIpc) is 2.40. The van der Waals surface area contributed by atoms with E-state index in [4.69, 9.17) is 4.74 Å². The molecule has 0 amide bonds. The van der Waals surface area contributed by atoms with E-state index >= 15 is 0 Å². The van der Waals surface area contributed by atoms with Crippen LogP contribution in [-0.4, -0.2) is 25.3 Å². The molecule has 1 aliphatic rings. The maximum Gasteiger partial charge on any atom is 0.0828 e. The van der Waals surface area contributed by atoms with Crippen LogP contribution in [0.2, 0.25) is 0 Å². The Kier molecular flexibility index (Phi) is 6.65. The number of likely N-dealkylation sites (N-methyl/N-ethyl adjacent to an activating group) is 1. The van der Waals surface area contributed by atoms with Gasteiger partial charge >= 0.3 is 0 Å². The lowest BCUT2D eigenvalue weighted by Crippen LogP contribution is -2.56. The van der Waals surface area contributed by atoms with Crippen LogP contribution in [0.4, 0.5) is 0 Å². The van der Waals surface area contributed by atoms with Crippen LogP contribution in [0.15, 0.2) is 0 Å².